The molecular formula is C13H17ClN4S. The Kier molecular flexibility index (Phi) is 3.67. The molecule has 0 amide bonds. The van der Waals surface area contributed by atoms with Gasteiger partial charge in [-0.3, -0.25) is 0 Å². The van der Waals surface area contributed by atoms with Crippen LogP contribution in [0.4, 0.5) is 0 Å². The molecular weight excluding hydrogens is 280 g/mol. The van der Waals surface area contributed by atoms with Crippen molar-refractivity contribution in [3.8, 4) is 0 Å². The van der Waals surface area contributed by atoms with Crippen molar-refractivity contribution < 1.29 is 0 Å². The van der Waals surface area contributed by atoms with Crippen LogP contribution in [-0.2, 0) is 12.8 Å². The van der Waals surface area contributed by atoms with Gasteiger partial charge in [0.25, 0.3) is 5.78 Å². The molecule has 0 atom stereocenters. The smallest absolute Gasteiger partial charge is 0.216 e. The molecule has 0 bridgehead atoms. The molecule has 19 heavy (non-hydrogen) atoms. The Balaban J connectivity index is 2.00. The highest BCUT2D eigenvalue weighted by atomic mass is 35.5. The van der Waals surface area contributed by atoms with E-state index >= 15 is 0 Å². The summed E-state index contributed by atoms with van der Waals surface area (Å²) in [6.07, 6.45) is 4.39. The van der Waals surface area contributed by atoms with Gasteiger partial charge in [0.1, 0.15) is 5.15 Å². The Morgan fingerprint density at radius 3 is 2.84 bits per heavy atom. The Labute approximate surface area is 122 Å². The van der Waals surface area contributed by atoms with Crippen molar-refractivity contribution in [3.63, 3.8) is 0 Å². The molecule has 1 aliphatic carbocycles. The second-order valence-electron chi connectivity index (χ2n) is 5.35. The topological polar surface area (TPSA) is 43.1 Å². The fourth-order valence-electron chi connectivity index (χ4n) is 2.28. The molecule has 1 aliphatic rings. The maximum Gasteiger partial charge on any atom is 0.254 e. The van der Waals surface area contributed by atoms with Crippen molar-refractivity contribution in [3.05, 3.63) is 16.4 Å². The largest absolute Gasteiger partial charge is 0.254 e. The number of halogens is 1. The summed E-state index contributed by atoms with van der Waals surface area (Å²) in [4.78, 5) is 9.09. The normalized spacial score (nSPS) is 15.2. The molecule has 2 heterocycles. The quantitative estimate of drug-likeness (QED) is 0.643. The molecule has 0 aromatic carbocycles. The molecule has 2 aromatic rings. The van der Waals surface area contributed by atoms with Crippen molar-refractivity contribution >= 4 is 29.1 Å². The summed E-state index contributed by atoms with van der Waals surface area (Å²) in [7, 11) is 0. The molecule has 6 heteroatoms. The van der Waals surface area contributed by atoms with E-state index in [1.54, 1.807) is 16.3 Å². The number of nitrogens with zero attached hydrogens (tertiary/aromatic N) is 4. The average molecular weight is 297 g/mol. The first kappa shape index (κ1) is 13.2. The van der Waals surface area contributed by atoms with Gasteiger partial charge < -0.3 is 0 Å². The monoisotopic (exact) mass is 296 g/mol. The van der Waals surface area contributed by atoms with E-state index < -0.39 is 0 Å². The fourth-order valence-corrected chi connectivity index (χ4v) is 3.36. The van der Waals surface area contributed by atoms with Crippen LogP contribution in [0, 0.1) is 5.92 Å². The van der Waals surface area contributed by atoms with E-state index in [0.29, 0.717) is 16.8 Å². The van der Waals surface area contributed by atoms with Crippen molar-refractivity contribution in [1.29, 1.82) is 0 Å². The van der Waals surface area contributed by atoms with Crippen molar-refractivity contribution in [1.82, 2.24) is 19.6 Å². The first-order valence-electron chi connectivity index (χ1n) is 6.72. The molecule has 2 aromatic heterocycles. The summed E-state index contributed by atoms with van der Waals surface area (Å²) in [5.74, 6) is 2.26. The molecule has 0 fully saturated rings. The molecule has 0 N–H and O–H groups in total. The number of aryl methyl sites for hydroxylation is 1. The molecule has 3 rings (SSSR count). The summed E-state index contributed by atoms with van der Waals surface area (Å²) < 4.78 is 1.69. The Morgan fingerprint density at radius 1 is 1.26 bits per heavy atom. The third-order valence-corrected chi connectivity index (χ3v) is 4.88. The number of aromatic nitrogens is 4. The first-order valence-corrected chi connectivity index (χ1v) is 8.08. The van der Waals surface area contributed by atoms with Crippen LogP contribution in [-0.4, -0.2) is 25.3 Å². The van der Waals surface area contributed by atoms with Gasteiger partial charge in [0.05, 0.1) is 5.69 Å². The Bertz CT molecular complexity index is 608. The Morgan fingerprint density at radius 2 is 2.05 bits per heavy atom. The first-order chi connectivity index (χ1) is 9.15. The van der Waals surface area contributed by atoms with E-state index in [1.807, 2.05) is 0 Å². The highest BCUT2D eigenvalue weighted by molar-refractivity contribution is 7.99. The van der Waals surface area contributed by atoms with Crippen LogP contribution in [0.3, 0.4) is 0 Å². The van der Waals surface area contributed by atoms with Gasteiger partial charge in [-0.25, -0.2) is 4.98 Å². The Hall–Kier alpha value is -0.810. The van der Waals surface area contributed by atoms with Gasteiger partial charge in [-0.1, -0.05) is 37.2 Å². The van der Waals surface area contributed by atoms with Crippen LogP contribution >= 0.6 is 23.4 Å². The van der Waals surface area contributed by atoms with Gasteiger partial charge in [-0.05, 0) is 31.6 Å². The lowest BCUT2D eigenvalue weighted by Gasteiger charge is -2.15. The van der Waals surface area contributed by atoms with E-state index in [4.69, 9.17) is 11.6 Å². The lowest BCUT2D eigenvalue weighted by molar-refractivity contribution is 0.659. The van der Waals surface area contributed by atoms with Crippen LogP contribution < -0.4 is 0 Å². The van der Waals surface area contributed by atoms with Crippen LogP contribution in [0.15, 0.2) is 5.16 Å². The summed E-state index contributed by atoms with van der Waals surface area (Å²) in [5, 5.41) is 5.93. The van der Waals surface area contributed by atoms with Crippen LogP contribution in [0.25, 0.3) is 5.78 Å². The minimum atomic E-state index is 0.619. The highest BCUT2D eigenvalue weighted by Gasteiger charge is 2.19. The zero-order valence-electron chi connectivity index (χ0n) is 11.2. The lowest BCUT2D eigenvalue weighted by Crippen LogP contribution is -2.10. The van der Waals surface area contributed by atoms with Gasteiger partial charge in [-0.15, -0.1) is 5.10 Å². The fraction of sp³-hybridized carbons (Fsp3) is 0.615. The molecule has 102 valence electrons. The molecule has 0 saturated heterocycles. The van der Waals surface area contributed by atoms with E-state index in [-0.39, 0.29) is 0 Å². The van der Waals surface area contributed by atoms with Gasteiger partial charge in [-0.2, -0.15) is 9.50 Å². The number of fused-ring (bicyclic) bond motifs is 2. The maximum absolute atomic E-state index is 6.45. The second-order valence-corrected chi connectivity index (χ2v) is 6.69. The molecule has 0 unspecified atom stereocenters. The maximum atomic E-state index is 6.45. The predicted molar refractivity (Wildman–Crippen MR) is 78.0 cm³/mol. The summed E-state index contributed by atoms with van der Waals surface area (Å²) in [5.41, 5.74) is 2.27. The molecule has 0 radical (unpaired) electrons. The number of rotatable bonds is 3. The SMILES string of the molecule is CC(C)CSc1nc2nc3c(c(Cl)n2n1)CCCC3. The summed E-state index contributed by atoms with van der Waals surface area (Å²) >= 11 is 8.11. The van der Waals surface area contributed by atoms with E-state index in [9.17, 15) is 0 Å². The molecule has 0 saturated carbocycles. The van der Waals surface area contributed by atoms with Crippen molar-refractivity contribution in [2.45, 2.75) is 44.7 Å². The predicted octanol–water partition coefficient (Wildman–Crippen LogP) is 3.40. The minimum Gasteiger partial charge on any atom is -0.216 e. The van der Waals surface area contributed by atoms with Gasteiger partial charge >= 0.3 is 0 Å². The third-order valence-electron chi connectivity index (χ3n) is 3.23. The van der Waals surface area contributed by atoms with Crippen molar-refractivity contribution in [2.24, 2.45) is 5.92 Å². The zero-order valence-corrected chi connectivity index (χ0v) is 12.8. The number of hydrogen-bond acceptors (Lipinski definition) is 4. The van der Waals surface area contributed by atoms with Crippen LogP contribution in [0.1, 0.15) is 37.9 Å². The van der Waals surface area contributed by atoms with Crippen molar-refractivity contribution in [2.75, 3.05) is 5.75 Å². The van der Waals surface area contributed by atoms with E-state index in [0.717, 1.165) is 35.0 Å². The zero-order chi connectivity index (χ0) is 13.4. The summed E-state index contributed by atoms with van der Waals surface area (Å²) in [6.45, 7) is 4.37. The van der Waals surface area contributed by atoms with Crippen LogP contribution in [0.5, 0.6) is 0 Å². The van der Waals surface area contributed by atoms with Gasteiger partial charge in [0.2, 0.25) is 5.16 Å². The second kappa shape index (κ2) is 5.29. The molecule has 0 spiro atoms. The molecule has 0 aliphatic heterocycles. The van der Waals surface area contributed by atoms with E-state index in [2.05, 4.69) is 28.9 Å². The highest BCUT2D eigenvalue weighted by Crippen LogP contribution is 2.28. The number of hydrogen-bond donors (Lipinski definition) is 0. The number of thioether (sulfide) groups is 1. The van der Waals surface area contributed by atoms with Gasteiger partial charge in [0, 0.05) is 11.3 Å². The third kappa shape index (κ3) is 2.58. The van der Waals surface area contributed by atoms with Gasteiger partial charge in [0.15, 0.2) is 0 Å². The standard InChI is InChI=1S/C13H17ClN4S/c1-8(2)7-19-13-16-12-15-10-6-4-3-5-9(10)11(14)18(12)17-13/h8H,3-7H2,1-2H3. The summed E-state index contributed by atoms with van der Waals surface area (Å²) in [6, 6.07) is 0. The van der Waals surface area contributed by atoms with E-state index in [1.165, 1.54) is 12.8 Å². The van der Waals surface area contributed by atoms with Crippen LogP contribution in [0.2, 0.25) is 5.15 Å². The molecule has 4 nitrogen and oxygen atoms in total. The minimum absolute atomic E-state index is 0.619. The lowest BCUT2D eigenvalue weighted by atomic mass is 9.97. The average Bonchev–Trinajstić information content (AvgIpc) is 2.80.